The van der Waals surface area contributed by atoms with Crippen molar-refractivity contribution in [3.05, 3.63) is 21.4 Å². The van der Waals surface area contributed by atoms with Crippen LogP contribution >= 0.6 is 11.3 Å². The Bertz CT molecular complexity index is 699. The fourth-order valence-corrected chi connectivity index (χ4v) is 6.84. The molecule has 4 aliphatic heterocycles. The van der Waals surface area contributed by atoms with Gasteiger partial charge in [-0.25, -0.2) is 0 Å². The first-order chi connectivity index (χ1) is 13.8. The van der Waals surface area contributed by atoms with Crippen LogP contribution in [0.2, 0.25) is 0 Å². The van der Waals surface area contributed by atoms with E-state index in [9.17, 15) is 4.79 Å². The van der Waals surface area contributed by atoms with E-state index in [1.54, 1.807) is 11.3 Å². The van der Waals surface area contributed by atoms with Gasteiger partial charge < -0.3 is 19.9 Å². The number of rotatable bonds is 2. The monoisotopic (exact) mass is 403 g/mol. The second-order valence-electron chi connectivity index (χ2n) is 8.91. The average molecular weight is 404 g/mol. The van der Waals surface area contributed by atoms with Crippen LogP contribution in [0.1, 0.15) is 65.1 Å². The fraction of sp³-hybridized carbons (Fsp3) is 0.773. The van der Waals surface area contributed by atoms with Crippen LogP contribution in [0, 0.1) is 0 Å². The summed E-state index contributed by atoms with van der Waals surface area (Å²) in [5.74, 6) is 0.251. The summed E-state index contributed by atoms with van der Waals surface area (Å²) in [5, 5.41) is 3.44. The van der Waals surface area contributed by atoms with Gasteiger partial charge in [-0.2, -0.15) is 0 Å². The number of nitrogens with one attached hydrogen (secondary N) is 1. The van der Waals surface area contributed by atoms with E-state index >= 15 is 0 Å². The number of piperidine rings is 3. The molecule has 3 saturated heterocycles. The largest absolute Gasteiger partial charge is 0.370 e. The first-order valence-electron chi connectivity index (χ1n) is 11.3. The summed E-state index contributed by atoms with van der Waals surface area (Å²) in [6, 6.07) is 2.87. The lowest BCUT2D eigenvalue weighted by Crippen LogP contribution is -2.48. The number of ether oxygens (including phenoxy) is 1. The Morgan fingerprint density at radius 3 is 2.61 bits per heavy atom. The molecule has 1 aromatic heterocycles. The maximum atomic E-state index is 13.2. The predicted octanol–water partition coefficient (Wildman–Crippen LogP) is 2.99. The number of hydrogen-bond donors (Lipinski definition) is 1. The van der Waals surface area contributed by atoms with Crippen LogP contribution in [0.15, 0.2) is 6.07 Å². The Hall–Kier alpha value is -0.950. The maximum absolute atomic E-state index is 13.2. The summed E-state index contributed by atoms with van der Waals surface area (Å²) in [5.41, 5.74) is 1.17. The van der Waals surface area contributed by atoms with Gasteiger partial charge in [-0.3, -0.25) is 4.79 Å². The molecule has 0 bridgehead atoms. The Labute approximate surface area is 172 Å². The summed E-state index contributed by atoms with van der Waals surface area (Å²) < 4.78 is 6.29. The van der Waals surface area contributed by atoms with Gasteiger partial charge in [0.2, 0.25) is 0 Å². The highest BCUT2D eigenvalue weighted by atomic mass is 32.1. The van der Waals surface area contributed by atoms with E-state index in [2.05, 4.69) is 21.2 Å². The number of likely N-dealkylation sites (tertiary alicyclic amines) is 2. The number of nitrogens with zero attached hydrogens (tertiary/aromatic N) is 2. The van der Waals surface area contributed by atoms with Gasteiger partial charge in [0.15, 0.2) is 0 Å². The minimum atomic E-state index is -0.144. The van der Waals surface area contributed by atoms with E-state index in [0.29, 0.717) is 6.04 Å². The molecule has 0 radical (unpaired) electrons. The zero-order valence-electron chi connectivity index (χ0n) is 16.9. The summed E-state index contributed by atoms with van der Waals surface area (Å²) in [6.07, 6.45) is 9.35. The van der Waals surface area contributed by atoms with Crippen molar-refractivity contribution in [2.24, 2.45) is 0 Å². The summed E-state index contributed by atoms with van der Waals surface area (Å²) in [7, 11) is 0. The molecule has 0 atom stereocenters. The van der Waals surface area contributed by atoms with E-state index in [-0.39, 0.29) is 11.5 Å². The molecule has 0 aliphatic carbocycles. The second kappa shape index (κ2) is 8.05. The molecule has 3 fully saturated rings. The number of thiophene rings is 1. The number of fused-ring (bicyclic) bond motifs is 2. The molecule has 1 spiro atoms. The van der Waals surface area contributed by atoms with Crippen molar-refractivity contribution in [1.29, 1.82) is 0 Å². The molecule has 1 amide bonds. The smallest absolute Gasteiger partial charge is 0.263 e. The Morgan fingerprint density at radius 1 is 1.11 bits per heavy atom. The summed E-state index contributed by atoms with van der Waals surface area (Å²) in [6.45, 7) is 7.14. The highest BCUT2D eigenvalue weighted by Crippen LogP contribution is 2.43. The van der Waals surface area contributed by atoms with Gasteiger partial charge in [0.1, 0.15) is 0 Å². The average Bonchev–Trinajstić information content (AvgIpc) is 3.21. The van der Waals surface area contributed by atoms with Gasteiger partial charge in [0.05, 0.1) is 17.1 Å². The molecule has 0 unspecified atom stereocenters. The fourth-order valence-electron chi connectivity index (χ4n) is 5.64. The third-order valence-corrected chi connectivity index (χ3v) is 8.47. The van der Waals surface area contributed by atoms with Gasteiger partial charge in [0, 0.05) is 30.4 Å². The highest BCUT2D eigenvalue weighted by Gasteiger charge is 2.41. The lowest BCUT2D eigenvalue weighted by Gasteiger charge is -2.40. The van der Waals surface area contributed by atoms with Crippen LogP contribution in [0.25, 0.3) is 0 Å². The molecule has 5 nitrogen and oxygen atoms in total. The third-order valence-electron chi connectivity index (χ3n) is 7.29. The first kappa shape index (κ1) is 19.0. The lowest BCUT2D eigenvalue weighted by molar-refractivity contribution is -0.0792. The Balaban J connectivity index is 1.26. The molecule has 5 rings (SSSR count). The molecule has 4 aliphatic rings. The molecule has 28 heavy (non-hydrogen) atoms. The van der Waals surface area contributed by atoms with Crippen molar-refractivity contribution in [2.75, 3.05) is 45.9 Å². The molecule has 1 N–H and O–H groups in total. The summed E-state index contributed by atoms with van der Waals surface area (Å²) >= 11 is 1.73. The molecule has 0 saturated carbocycles. The van der Waals surface area contributed by atoms with Gasteiger partial charge in [-0.15, -0.1) is 11.3 Å². The van der Waals surface area contributed by atoms with Crippen molar-refractivity contribution in [3.63, 3.8) is 0 Å². The second-order valence-corrected chi connectivity index (χ2v) is 10.0. The predicted molar refractivity (Wildman–Crippen MR) is 112 cm³/mol. The zero-order valence-corrected chi connectivity index (χ0v) is 17.7. The molecule has 1 aromatic rings. The van der Waals surface area contributed by atoms with E-state index in [1.165, 1.54) is 42.8 Å². The topological polar surface area (TPSA) is 44.8 Å². The standard InChI is InChI=1S/C22H33N3O2S/c26-21(25-13-4-17(5-14-25)24-11-2-1-3-12-24)20-16-18-19(28-20)6-15-27-22(18)7-9-23-10-8-22/h16-17,23H,1-15H2. The summed E-state index contributed by atoms with van der Waals surface area (Å²) in [4.78, 5) is 20.3. The highest BCUT2D eigenvalue weighted by molar-refractivity contribution is 7.14. The van der Waals surface area contributed by atoms with Crippen molar-refractivity contribution >= 4 is 17.2 Å². The normalized spacial score (nSPS) is 26.4. The Kier molecular flexibility index (Phi) is 5.48. The zero-order chi connectivity index (χ0) is 19.0. The van der Waals surface area contributed by atoms with Crippen molar-refractivity contribution < 1.29 is 9.53 Å². The van der Waals surface area contributed by atoms with Crippen molar-refractivity contribution in [3.8, 4) is 0 Å². The van der Waals surface area contributed by atoms with E-state index < -0.39 is 0 Å². The molecular formula is C22H33N3O2S. The minimum absolute atomic E-state index is 0.144. The van der Waals surface area contributed by atoms with Crippen molar-refractivity contribution in [1.82, 2.24) is 15.1 Å². The molecule has 154 valence electrons. The SMILES string of the molecule is O=C(c1cc2c(s1)CCOC21CCNCC1)N1CCC(N2CCCCC2)CC1. The van der Waals surface area contributed by atoms with Gasteiger partial charge in [0.25, 0.3) is 5.91 Å². The van der Waals surface area contributed by atoms with Gasteiger partial charge in [-0.1, -0.05) is 6.42 Å². The van der Waals surface area contributed by atoms with E-state index in [0.717, 1.165) is 69.8 Å². The molecule has 6 heteroatoms. The van der Waals surface area contributed by atoms with Gasteiger partial charge >= 0.3 is 0 Å². The minimum Gasteiger partial charge on any atom is -0.370 e. The molecule has 5 heterocycles. The lowest BCUT2D eigenvalue weighted by atomic mass is 9.83. The number of hydrogen-bond acceptors (Lipinski definition) is 5. The van der Waals surface area contributed by atoms with Crippen LogP contribution in [-0.4, -0.2) is 67.6 Å². The number of carbonyl (C=O) groups excluding carboxylic acids is 1. The van der Waals surface area contributed by atoms with E-state index in [1.807, 2.05) is 0 Å². The van der Waals surface area contributed by atoms with Crippen LogP contribution in [0.4, 0.5) is 0 Å². The quantitative estimate of drug-likeness (QED) is 0.825. The molecule has 0 aromatic carbocycles. The third kappa shape index (κ3) is 3.53. The number of amides is 1. The van der Waals surface area contributed by atoms with Crippen molar-refractivity contribution in [2.45, 2.75) is 63.0 Å². The maximum Gasteiger partial charge on any atom is 0.263 e. The van der Waals surface area contributed by atoms with Crippen LogP contribution in [0.5, 0.6) is 0 Å². The first-order valence-corrected chi connectivity index (χ1v) is 12.1. The van der Waals surface area contributed by atoms with E-state index in [4.69, 9.17) is 4.74 Å². The number of carbonyl (C=O) groups is 1. The van der Waals surface area contributed by atoms with Crippen LogP contribution in [0.3, 0.4) is 0 Å². The Morgan fingerprint density at radius 2 is 1.86 bits per heavy atom. The van der Waals surface area contributed by atoms with Crippen LogP contribution in [-0.2, 0) is 16.8 Å². The van der Waals surface area contributed by atoms with Crippen LogP contribution < -0.4 is 5.32 Å². The van der Waals surface area contributed by atoms with Gasteiger partial charge in [-0.05, 0) is 76.3 Å². The molecular weight excluding hydrogens is 370 g/mol.